The SMILES string of the molecule is O=[N+]([O-])/C=C(\NCc1ccccc1Cl)Nc1cc(Cl)cc(Cl)c1. The van der Waals surface area contributed by atoms with Crippen LogP contribution in [0.3, 0.4) is 0 Å². The molecular weight excluding hydrogens is 361 g/mol. The first kappa shape index (κ1) is 17.4. The van der Waals surface area contributed by atoms with E-state index in [4.69, 9.17) is 34.8 Å². The molecule has 0 amide bonds. The van der Waals surface area contributed by atoms with Crippen LogP contribution >= 0.6 is 34.8 Å². The van der Waals surface area contributed by atoms with E-state index < -0.39 is 4.92 Å². The van der Waals surface area contributed by atoms with E-state index in [-0.39, 0.29) is 5.82 Å². The molecule has 120 valence electrons. The Morgan fingerprint density at radius 1 is 1.13 bits per heavy atom. The van der Waals surface area contributed by atoms with Crippen molar-refractivity contribution >= 4 is 40.5 Å². The van der Waals surface area contributed by atoms with Crippen LogP contribution in [0.1, 0.15) is 5.56 Å². The van der Waals surface area contributed by atoms with E-state index in [2.05, 4.69) is 10.6 Å². The number of rotatable bonds is 6. The van der Waals surface area contributed by atoms with Gasteiger partial charge in [0.1, 0.15) is 0 Å². The Hall–Kier alpha value is -1.95. The smallest absolute Gasteiger partial charge is 0.274 e. The molecule has 0 atom stereocenters. The van der Waals surface area contributed by atoms with Gasteiger partial charge in [-0.3, -0.25) is 10.1 Å². The molecule has 0 aliphatic rings. The number of halogens is 3. The van der Waals surface area contributed by atoms with Gasteiger partial charge in [-0.1, -0.05) is 53.0 Å². The zero-order valence-corrected chi connectivity index (χ0v) is 14.0. The highest BCUT2D eigenvalue weighted by Gasteiger charge is 2.07. The largest absolute Gasteiger partial charge is 0.362 e. The van der Waals surface area contributed by atoms with Crippen molar-refractivity contribution in [2.24, 2.45) is 0 Å². The van der Waals surface area contributed by atoms with Crippen LogP contribution in [0.5, 0.6) is 0 Å². The summed E-state index contributed by atoms with van der Waals surface area (Å²) in [5.74, 6) is 0.188. The van der Waals surface area contributed by atoms with Crippen molar-refractivity contribution in [3.8, 4) is 0 Å². The van der Waals surface area contributed by atoms with Crippen LogP contribution < -0.4 is 10.6 Å². The minimum Gasteiger partial charge on any atom is -0.362 e. The second-order valence-electron chi connectivity index (χ2n) is 4.56. The number of anilines is 1. The predicted octanol–water partition coefficient (Wildman–Crippen LogP) is 4.92. The number of nitrogens with zero attached hydrogens (tertiary/aromatic N) is 1. The summed E-state index contributed by atoms with van der Waals surface area (Å²) in [5.41, 5.74) is 1.34. The van der Waals surface area contributed by atoms with Gasteiger partial charge >= 0.3 is 0 Å². The first-order chi connectivity index (χ1) is 10.9. The minimum atomic E-state index is -0.561. The lowest BCUT2D eigenvalue weighted by atomic mass is 10.2. The summed E-state index contributed by atoms with van der Waals surface area (Å²) >= 11 is 17.9. The van der Waals surface area contributed by atoms with E-state index in [1.165, 1.54) is 0 Å². The van der Waals surface area contributed by atoms with Crippen molar-refractivity contribution in [1.82, 2.24) is 5.32 Å². The van der Waals surface area contributed by atoms with Crippen LogP contribution in [0.15, 0.2) is 54.5 Å². The van der Waals surface area contributed by atoms with Gasteiger partial charge in [-0.2, -0.15) is 0 Å². The normalized spacial score (nSPS) is 11.2. The van der Waals surface area contributed by atoms with E-state index in [0.29, 0.717) is 27.3 Å². The molecule has 0 fully saturated rings. The molecule has 2 N–H and O–H groups in total. The number of nitro groups is 1. The average Bonchev–Trinajstić information content (AvgIpc) is 2.44. The van der Waals surface area contributed by atoms with Crippen molar-refractivity contribution in [2.45, 2.75) is 6.54 Å². The zero-order chi connectivity index (χ0) is 16.8. The zero-order valence-electron chi connectivity index (χ0n) is 11.7. The van der Waals surface area contributed by atoms with Gasteiger partial charge in [-0.15, -0.1) is 0 Å². The molecule has 2 aromatic carbocycles. The third-order valence-corrected chi connectivity index (χ3v) is 3.61. The van der Waals surface area contributed by atoms with E-state index in [9.17, 15) is 10.1 Å². The summed E-state index contributed by atoms with van der Waals surface area (Å²) in [6.45, 7) is 0.320. The fourth-order valence-corrected chi connectivity index (χ4v) is 2.57. The molecule has 8 heteroatoms. The lowest BCUT2D eigenvalue weighted by Crippen LogP contribution is -2.20. The van der Waals surface area contributed by atoms with Crippen LogP contribution in [0, 0.1) is 10.1 Å². The highest BCUT2D eigenvalue weighted by molar-refractivity contribution is 6.35. The maximum atomic E-state index is 10.8. The molecule has 23 heavy (non-hydrogen) atoms. The standard InChI is InChI=1S/C15H12Cl3N3O2/c16-11-5-12(17)7-13(6-11)20-15(9-21(22)23)19-8-10-3-1-2-4-14(10)18/h1-7,9,19-20H,8H2/b15-9+. The Balaban J connectivity index is 2.14. The van der Waals surface area contributed by atoms with Crippen molar-refractivity contribution in [2.75, 3.05) is 5.32 Å². The second-order valence-corrected chi connectivity index (χ2v) is 5.84. The molecule has 0 saturated carbocycles. The predicted molar refractivity (Wildman–Crippen MR) is 93.5 cm³/mol. The second kappa shape index (κ2) is 8.06. The van der Waals surface area contributed by atoms with E-state index >= 15 is 0 Å². The molecule has 0 aliphatic heterocycles. The lowest BCUT2D eigenvalue weighted by Gasteiger charge is -2.13. The molecule has 2 aromatic rings. The van der Waals surface area contributed by atoms with E-state index in [0.717, 1.165) is 11.8 Å². The third kappa shape index (κ3) is 5.63. The lowest BCUT2D eigenvalue weighted by molar-refractivity contribution is -0.403. The molecule has 0 saturated heterocycles. The van der Waals surface area contributed by atoms with Crippen LogP contribution in [-0.2, 0) is 6.54 Å². The van der Waals surface area contributed by atoms with Gasteiger partial charge < -0.3 is 10.6 Å². The summed E-state index contributed by atoms with van der Waals surface area (Å²) in [7, 11) is 0. The molecule has 0 unspecified atom stereocenters. The maximum Gasteiger partial charge on any atom is 0.274 e. The molecule has 2 rings (SSSR count). The Morgan fingerprint density at radius 2 is 1.78 bits per heavy atom. The Bertz CT molecular complexity index is 730. The molecule has 0 radical (unpaired) electrons. The fraction of sp³-hybridized carbons (Fsp3) is 0.0667. The van der Waals surface area contributed by atoms with E-state index in [1.807, 2.05) is 18.2 Å². The highest BCUT2D eigenvalue weighted by Crippen LogP contribution is 2.23. The Labute approximate surface area is 148 Å². The Kier molecular flexibility index (Phi) is 6.10. The molecule has 5 nitrogen and oxygen atoms in total. The first-order valence-corrected chi connectivity index (χ1v) is 7.63. The number of hydrogen-bond acceptors (Lipinski definition) is 4. The highest BCUT2D eigenvalue weighted by atomic mass is 35.5. The van der Waals surface area contributed by atoms with E-state index in [1.54, 1.807) is 24.3 Å². The summed E-state index contributed by atoms with van der Waals surface area (Å²) in [5, 5.41) is 18.0. The van der Waals surface area contributed by atoms with Gasteiger partial charge in [0.15, 0.2) is 5.82 Å². The summed E-state index contributed by atoms with van der Waals surface area (Å²) in [4.78, 5) is 10.2. The van der Waals surface area contributed by atoms with Crippen LogP contribution in [0.2, 0.25) is 15.1 Å². The number of nitrogens with one attached hydrogen (secondary N) is 2. The van der Waals surface area contributed by atoms with Crippen molar-refractivity contribution in [3.05, 3.63) is 85.2 Å². The van der Waals surface area contributed by atoms with Crippen molar-refractivity contribution < 1.29 is 4.92 Å². The monoisotopic (exact) mass is 371 g/mol. The van der Waals surface area contributed by atoms with Crippen molar-refractivity contribution in [3.63, 3.8) is 0 Å². The quantitative estimate of drug-likeness (QED) is 0.557. The van der Waals surface area contributed by atoms with Crippen LogP contribution in [0.25, 0.3) is 0 Å². The van der Waals surface area contributed by atoms with Gasteiger partial charge in [0.05, 0.1) is 4.92 Å². The van der Waals surface area contributed by atoms with Crippen LogP contribution in [-0.4, -0.2) is 4.92 Å². The summed E-state index contributed by atoms with van der Waals surface area (Å²) < 4.78 is 0. The van der Waals surface area contributed by atoms with Gasteiger partial charge in [0, 0.05) is 27.3 Å². The molecule has 0 bridgehead atoms. The topological polar surface area (TPSA) is 67.2 Å². The van der Waals surface area contributed by atoms with Gasteiger partial charge in [-0.05, 0) is 29.8 Å². The van der Waals surface area contributed by atoms with Gasteiger partial charge in [-0.25, -0.2) is 0 Å². The third-order valence-electron chi connectivity index (χ3n) is 2.80. The summed E-state index contributed by atoms with van der Waals surface area (Å²) in [6.07, 6.45) is 0.825. The number of benzene rings is 2. The molecule has 0 heterocycles. The van der Waals surface area contributed by atoms with Gasteiger partial charge in [0.25, 0.3) is 6.20 Å². The van der Waals surface area contributed by atoms with Gasteiger partial charge in [0.2, 0.25) is 0 Å². The Morgan fingerprint density at radius 3 is 2.39 bits per heavy atom. The summed E-state index contributed by atoms with van der Waals surface area (Å²) in [6, 6.07) is 12.0. The molecule has 0 spiro atoms. The molecular formula is C15H12Cl3N3O2. The average molecular weight is 373 g/mol. The van der Waals surface area contributed by atoms with Crippen LogP contribution in [0.4, 0.5) is 5.69 Å². The number of hydrogen-bond donors (Lipinski definition) is 2. The fourth-order valence-electron chi connectivity index (χ4n) is 1.84. The molecule has 0 aromatic heterocycles. The van der Waals surface area contributed by atoms with Crippen molar-refractivity contribution in [1.29, 1.82) is 0 Å². The minimum absolute atomic E-state index is 0.188. The first-order valence-electron chi connectivity index (χ1n) is 6.50. The maximum absolute atomic E-state index is 10.8. The molecule has 0 aliphatic carbocycles.